The number of rotatable bonds is 6. The number of hydrazine groups is 1. The first-order chi connectivity index (χ1) is 8.05. The zero-order chi connectivity index (χ0) is 12.9. The minimum atomic E-state index is -0.338. The van der Waals surface area contributed by atoms with Gasteiger partial charge in [-0.15, -0.1) is 0 Å². The Morgan fingerprint density at radius 2 is 1.94 bits per heavy atom. The van der Waals surface area contributed by atoms with E-state index in [1.807, 2.05) is 38.1 Å². The van der Waals surface area contributed by atoms with Gasteiger partial charge in [-0.2, -0.15) is 0 Å². The van der Waals surface area contributed by atoms with Crippen molar-refractivity contribution in [3.05, 3.63) is 29.8 Å². The summed E-state index contributed by atoms with van der Waals surface area (Å²) in [4.78, 5) is 0. The first kappa shape index (κ1) is 14.0. The van der Waals surface area contributed by atoms with E-state index in [4.69, 9.17) is 15.3 Å². The van der Waals surface area contributed by atoms with Crippen LogP contribution < -0.4 is 16.0 Å². The molecule has 17 heavy (non-hydrogen) atoms. The van der Waals surface area contributed by atoms with E-state index < -0.39 is 0 Å². The maximum atomic E-state index is 5.60. The van der Waals surface area contributed by atoms with Crippen molar-refractivity contribution in [3.8, 4) is 5.75 Å². The molecule has 0 aliphatic heterocycles. The summed E-state index contributed by atoms with van der Waals surface area (Å²) in [7, 11) is 3.36. The molecule has 0 spiro atoms. The van der Waals surface area contributed by atoms with Gasteiger partial charge in [-0.3, -0.25) is 11.3 Å². The van der Waals surface area contributed by atoms with Crippen molar-refractivity contribution in [3.63, 3.8) is 0 Å². The minimum absolute atomic E-state index is 0.0174. The lowest BCUT2D eigenvalue weighted by Gasteiger charge is -2.32. The summed E-state index contributed by atoms with van der Waals surface area (Å²) in [5.41, 5.74) is 3.59. The molecule has 0 fully saturated rings. The van der Waals surface area contributed by atoms with Crippen LogP contribution in [0.1, 0.15) is 19.4 Å². The van der Waals surface area contributed by atoms with Crippen LogP contribution in [0.15, 0.2) is 24.3 Å². The molecular formula is C13H22N2O2. The van der Waals surface area contributed by atoms with Crippen LogP contribution in [0.2, 0.25) is 0 Å². The SMILES string of the molecule is COc1ccccc1CC(NN)C(C)(C)OC. The Labute approximate surface area is 103 Å². The summed E-state index contributed by atoms with van der Waals surface area (Å²) >= 11 is 0. The average molecular weight is 238 g/mol. The maximum Gasteiger partial charge on any atom is 0.122 e. The largest absolute Gasteiger partial charge is 0.496 e. The second kappa shape index (κ2) is 6.00. The average Bonchev–Trinajstić information content (AvgIpc) is 2.36. The van der Waals surface area contributed by atoms with E-state index in [0.29, 0.717) is 0 Å². The zero-order valence-corrected chi connectivity index (χ0v) is 11.0. The molecule has 0 saturated carbocycles. The summed E-state index contributed by atoms with van der Waals surface area (Å²) in [6.45, 7) is 4.01. The van der Waals surface area contributed by atoms with E-state index in [0.717, 1.165) is 17.7 Å². The number of benzene rings is 1. The normalized spacial score (nSPS) is 13.5. The minimum Gasteiger partial charge on any atom is -0.496 e. The van der Waals surface area contributed by atoms with Crippen LogP contribution in [0.4, 0.5) is 0 Å². The third kappa shape index (κ3) is 3.43. The van der Waals surface area contributed by atoms with Crippen LogP contribution in [0.3, 0.4) is 0 Å². The van der Waals surface area contributed by atoms with Gasteiger partial charge in [-0.1, -0.05) is 18.2 Å². The quantitative estimate of drug-likeness (QED) is 0.582. The van der Waals surface area contributed by atoms with Crippen molar-refractivity contribution >= 4 is 0 Å². The topological polar surface area (TPSA) is 56.5 Å². The van der Waals surface area contributed by atoms with Gasteiger partial charge in [0, 0.05) is 7.11 Å². The van der Waals surface area contributed by atoms with Crippen molar-refractivity contribution in [2.75, 3.05) is 14.2 Å². The van der Waals surface area contributed by atoms with Gasteiger partial charge < -0.3 is 9.47 Å². The summed E-state index contributed by atoms with van der Waals surface area (Å²) < 4.78 is 10.8. The molecule has 1 aromatic carbocycles. The molecule has 1 rings (SSSR count). The Kier molecular flexibility index (Phi) is 4.93. The lowest BCUT2D eigenvalue weighted by molar-refractivity contribution is -0.0102. The Morgan fingerprint density at radius 3 is 2.47 bits per heavy atom. The molecule has 0 aromatic heterocycles. The van der Waals surface area contributed by atoms with Crippen molar-refractivity contribution < 1.29 is 9.47 Å². The van der Waals surface area contributed by atoms with Gasteiger partial charge >= 0.3 is 0 Å². The first-order valence-corrected chi connectivity index (χ1v) is 5.68. The predicted molar refractivity (Wildman–Crippen MR) is 68.9 cm³/mol. The Hall–Kier alpha value is -1.10. The van der Waals surface area contributed by atoms with Gasteiger partial charge in [0.15, 0.2) is 0 Å². The summed E-state index contributed by atoms with van der Waals surface area (Å²) in [5.74, 6) is 6.48. The fraction of sp³-hybridized carbons (Fsp3) is 0.538. The van der Waals surface area contributed by atoms with E-state index in [1.165, 1.54) is 0 Å². The number of ether oxygens (including phenoxy) is 2. The second-order valence-corrected chi connectivity index (χ2v) is 4.54. The zero-order valence-electron chi connectivity index (χ0n) is 11.0. The Morgan fingerprint density at radius 1 is 1.29 bits per heavy atom. The molecule has 0 bridgehead atoms. The lowest BCUT2D eigenvalue weighted by Crippen LogP contribution is -2.52. The van der Waals surface area contributed by atoms with Crippen molar-refractivity contribution in [1.82, 2.24) is 5.43 Å². The molecule has 4 nitrogen and oxygen atoms in total. The van der Waals surface area contributed by atoms with Crippen LogP contribution >= 0.6 is 0 Å². The highest BCUT2D eigenvalue weighted by Gasteiger charge is 2.29. The molecule has 0 radical (unpaired) electrons. The van der Waals surface area contributed by atoms with Gasteiger partial charge in [-0.05, 0) is 31.9 Å². The molecule has 96 valence electrons. The summed E-state index contributed by atoms with van der Waals surface area (Å²) in [6.07, 6.45) is 0.751. The van der Waals surface area contributed by atoms with E-state index in [1.54, 1.807) is 14.2 Å². The Bertz CT molecular complexity index is 353. The number of nitrogens with one attached hydrogen (secondary N) is 1. The van der Waals surface area contributed by atoms with Crippen LogP contribution in [0.25, 0.3) is 0 Å². The maximum absolute atomic E-state index is 5.60. The number of hydrogen-bond donors (Lipinski definition) is 2. The smallest absolute Gasteiger partial charge is 0.122 e. The van der Waals surface area contributed by atoms with E-state index in [2.05, 4.69) is 5.43 Å². The Balaban J connectivity index is 2.88. The highest BCUT2D eigenvalue weighted by Crippen LogP contribution is 2.23. The molecule has 1 aromatic rings. The molecule has 0 aliphatic rings. The monoisotopic (exact) mass is 238 g/mol. The molecule has 0 saturated heterocycles. The summed E-state index contributed by atoms with van der Waals surface area (Å²) in [5, 5.41) is 0. The third-order valence-corrected chi connectivity index (χ3v) is 3.18. The van der Waals surface area contributed by atoms with Gasteiger partial charge in [-0.25, -0.2) is 0 Å². The van der Waals surface area contributed by atoms with Gasteiger partial charge in [0.1, 0.15) is 5.75 Å². The fourth-order valence-corrected chi connectivity index (χ4v) is 1.74. The van der Waals surface area contributed by atoms with Crippen molar-refractivity contribution in [2.45, 2.75) is 31.9 Å². The number of nitrogens with two attached hydrogens (primary N) is 1. The standard InChI is InChI=1S/C13H22N2O2/c1-13(2,17-4)12(15-14)9-10-7-5-6-8-11(10)16-3/h5-8,12,15H,9,14H2,1-4H3. The van der Waals surface area contributed by atoms with Crippen molar-refractivity contribution in [1.29, 1.82) is 0 Å². The van der Waals surface area contributed by atoms with E-state index in [9.17, 15) is 0 Å². The van der Waals surface area contributed by atoms with Gasteiger partial charge in [0.25, 0.3) is 0 Å². The lowest BCUT2D eigenvalue weighted by atomic mass is 9.92. The predicted octanol–water partition coefficient (Wildman–Crippen LogP) is 1.49. The number of para-hydroxylation sites is 1. The number of hydrogen-bond acceptors (Lipinski definition) is 4. The number of methoxy groups -OCH3 is 2. The van der Waals surface area contributed by atoms with Gasteiger partial charge in [0.2, 0.25) is 0 Å². The summed E-state index contributed by atoms with van der Waals surface area (Å²) in [6, 6.07) is 7.95. The molecular weight excluding hydrogens is 216 g/mol. The van der Waals surface area contributed by atoms with Gasteiger partial charge in [0.05, 0.1) is 18.8 Å². The highest BCUT2D eigenvalue weighted by atomic mass is 16.5. The molecule has 0 aliphatic carbocycles. The second-order valence-electron chi connectivity index (χ2n) is 4.54. The van der Waals surface area contributed by atoms with E-state index in [-0.39, 0.29) is 11.6 Å². The third-order valence-electron chi connectivity index (χ3n) is 3.18. The van der Waals surface area contributed by atoms with Crippen LogP contribution in [0.5, 0.6) is 5.75 Å². The van der Waals surface area contributed by atoms with Crippen LogP contribution in [0, 0.1) is 0 Å². The molecule has 1 atom stereocenters. The van der Waals surface area contributed by atoms with Crippen LogP contribution in [-0.4, -0.2) is 25.9 Å². The molecule has 3 N–H and O–H groups in total. The fourth-order valence-electron chi connectivity index (χ4n) is 1.74. The van der Waals surface area contributed by atoms with E-state index >= 15 is 0 Å². The highest BCUT2D eigenvalue weighted by molar-refractivity contribution is 5.34. The molecule has 1 unspecified atom stereocenters. The first-order valence-electron chi connectivity index (χ1n) is 5.68. The molecule has 0 heterocycles. The molecule has 4 heteroatoms. The van der Waals surface area contributed by atoms with Crippen LogP contribution in [-0.2, 0) is 11.2 Å². The van der Waals surface area contributed by atoms with Crippen molar-refractivity contribution in [2.24, 2.45) is 5.84 Å². The molecule has 0 amide bonds.